The second-order valence-electron chi connectivity index (χ2n) is 7.24. The van der Waals surface area contributed by atoms with Gasteiger partial charge in [-0.15, -0.1) is 0 Å². The molecule has 2 heterocycles. The Kier molecular flexibility index (Phi) is 5.25. The number of fused-ring (bicyclic) bond motifs is 1. The van der Waals surface area contributed by atoms with Crippen molar-refractivity contribution in [2.75, 3.05) is 6.54 Å². The molecule has 1 aliphatic rings. The molecule has 1 atom stereocenters. The average molecular weight is 410 g/mol. The Labute approximate surface area is 170 Å². The number of benzene rings is 2. The summed E-state index contributed by atoms with van der Waals surface area (Å²) >= 11 is 0. The summed E-state index contributed by atoms with van der Waals surface area (Å²) in [6.07, 6.45) is 2.35. The summed E-state index contributed by atoms with van der Waals surface area (Å²) in [5.41, 5.74) is 3.42. The van der Waals surface area contributed by atoms with E-state index in [1.807, 2.05) is 43.3 Å². The van der Waals surface area contributed by atoms with E-state index < -0.39 is 10.0 Å². The minimum absolute atomic E-state index is 0.0456. The first-order valence-electron chi connectivity index (χ1n) is 9.56. The van der Waals surface area contributed by atoms with Crippen LogP contribution in [0.1, 0.15) is 40.1 Å². The fourth-order valence-electron chi connectivity index (χ4n) is 3.61. The normalized spacial score (nSPS) is 15.0. The van der Waals surface area contributed by atoms with Gasteiger partial charge < -0.3 is 9.88 Å². The van der Waals surface area contributed by atoms with Gasteiger partial charge in [0.1, 0.15) is 5.69 Å². The molecule has 0 bridgehead atoms. The molecule has 3 aromatic rings. The third kappa shape index (κ3) is 4.11. The third-order valence-corrected chi connectivity index (χ3v) is 6.79. The number of hydrogen-bond acceptors (Lipinski definition) is 3. The molecule has 2 N–H and O–H groups in total. The SMILES string of the molecule is CC(NS(=O)(=O)c1ccc2c(c1)CCN(C(=O)c1ccc[nH]1)C2)c1ccccc1. The van der Waals surface area contributed by atoms with Crippen molar-refractivity contribution in [3.05, 3.63) is 89.2 Å². The smallest absolute Gasteiger partial charge is 0.270 e. The van der Waals surface area contributed by atoms with Gasteiger partial charge in [0.2, 0.25) is 10.0 Å². The number of hydrogen-bond donors (Lipinski definition) is 2. The highest BCUT2D eigenvalue weighted by Gasteiger charge is 2.25. The molecule has 6 nitrogen and oxygen atoms in total. The monoisotopic (exact) mass is 409 g/mol. The van der Waals surface area contributed by atoms with Gasteiger partial charge in [-0.05, 0) is 54.3 Å². The molecule has 0 saturated heterocycles. The summed E-state index contributed by atoms with van der Waals surface area (Å²) in [5, 5.41) is 0. The Morgan fingerprint density at radius 1 is 1.07 bits per heavy atom. The van der Waals surface area contributed by atoms with Crippen LogP contribution < -0.4 is 4.72 Å². The van der Waals surface area contributed by atoms with Crippen molar-refractivity contribution in [2.24, 2.45) is 0 Å². The molecule has 0 aliphatic carbocycles. The minimum Gasteiger partial charge on any atom is -0.357 e. The number of sulfonamides is 1. The molecular formula is C22H23N3O3S. The molecule has 0 spiro atoms. The number of carbonyl (C=O) groups is 1. The summed E-state index contributed by atoms with van der Waals surface area (Å²) in [6.45, 7) is 2.86. The van der Waals surface area contributed by atoms with Crippen LogP contribution in [0.5, 0.6) is 0 Å². The lowest BCUT2D eigenvalue weighted by atomic mass is 9.99. The summed E-state index contributed by atoms with van der Waals surface area (Å²) < 4.78 is 28.4. The van der Waals surface area contributed by atoms with E-state index in [2.05, 4.69) is 9.71 Å². The van der Waals surface area contributed by atoms with Crippen molar-refractivity contribution in [1.82, 2.24) is 14.6 Å². The molecule has 4 rings (SSSR count). The van der Waals surface area contributed by atoms with Gasteiger partial charge in [-0.2, -0.15) is 0 Å². The van der Waals surface area contributed by atoms with Gasteiger partial charge in [0, 0.05) is 25.3 Å². The predicted molar refractivity (Wildman–Crippen MR) is 111 cm³/mol. The van der Waals surface area contributed by atoms with Crippen molar-refractivity contribution in [3.8, 4) is 0 Å². The number of aromatic amines is 1. The van der Waals surface area contributed by atoms with E-state index in [0.29, 0.717) is 25.2 Å². The van der Waals surface area contributed by atoms with Crippen LogP contribution in [-0.4, -0.2) is 30.8 Å². The molecule has 1 unspecified atom stereocenters. The quantitative estimate of drug-likeness (QED) is 0.679. The van der Waals surface area contributed by atoms with Crippen molar-refractivity contribution in [2.45, 2.75) is 30.8 Å². The Hall–Kier alpha value is -2.90. The number of rotatable bonds is 5. The zero-order valence-corrected chi connectivity index (χ0v) is 16.9. The van der Waals surface area contributed by atoms with Gasteiger partial charge in [0.05, 0.1) is 4.90 Å². The molecule has 0 saturated carbocycles. The zero-order valence-electron chi connectivity index (χ0n) is 16.1. The van der Waals surface area contributed by atoms with Crippen LogP contribution in [0.15, 0.2) is 71.8 Å². The fraction of sp³-hybridized carbons (Fsp3) is 0.227. The van der Waals surface area contributed by atoms with Crippen LogP contribution in [0.4, 0.5) is 0 Å². The molecule has 1 aliphatic heterocycles. The van der Waals surface area contributed by atoms with E-state index in [1.165, 1.54) is 0 Å². The summed E-state index contributed by atoms with van der Waals surface area (Å²) in [7, 11) is -3.64. The van der Waals surface area contributed by atoms with Crippen LogP contribution in [0, 0.1) is 0 Å². The Morgan fingerprint density at radius 2 is 1.86 bits per heavy atom. The number of carbonyl (C=O) groups excluding carboxylic acids is 1. The standard InChI is InChI=1S/C22H23N3O3S/c1-16(17-6-3-2-4-7-17)24-29(27,28)20-10-9-19-15-25(13-11-18(19)14-20)22(26)21-8-5-12-23-21/h2-10,12,14,16,23-24H,11,13,15H2,1H3. The van der Waals surface area contributed by atoms with Crippen LogP contribution in [-0.2, 0) is 23.0 Å². The zero-order chi connectivity index (χ0) is 20.4. The number of H-pyrrole nitrogens is 1. The second-order valence-corrected chi connectivity index (χ2v) is 8.96. The van der Waals surface area contributed by atoms with Crippen LogP contribution in [0.25, 0.3) is 0 Å². The lowest BCUT2D eigenvalue weighted by Gasteiger charge is -2.29. The molecule has 0 radical (unpaired) electrons. The largest absolute Gasteiger partial charge is 0.357 e. The van der Waals surface area contributed by atoms with Crippen LogP contribution >= 0.6 is 0 Å². The Morgan fingerprint density at radius 3 is 2.59 bits per heavy atom. The fourth-order valence-corrected chi connectivity index (χ4v) is 4.90. The maximum Gasteiger partial charge on any atom is 0.270 e. The number of nitrogens with zero attached hydrogens (tertiary/aromatic N) is 1. The van der Waals surface area contributed by atoms with E-state index in [0.717, 1.165) is 16.7 Å². The lowest BCUT2D eigenvalue weighted by molar-refractivity contribution is 0.0729. The van der Waals surface area contributed by atoms with E-state index in [9.17, 15) is 13.2 Å². The topological polar surface area (TPSA) is 82.3 Å². The van der Waals surface area contributed by atoms with E-state index in [4.69, 9.17) is 0 Å². The van der Waals surface area contributed by atoms with Crippen LogP contribution in [0.3, 0.4) is 0 Å². The second kappa shape index (κ2) is 7.85. The van der Waals surface area contributed by atoms with E-state index in [1.54, 1.807) is 35.4 Å². The molecule has 1 amide bonds. The molecule has 29 heavy (non-hydrogen) atoms. The highest BCUT2D eigenvalue weighted by atomic mass is 32.2. The van der Waals surface area contributed by atoms with Gasteiger partial charge in [-0.3, -0.25) is 4.79 Å². The minimum atomic E-state index is -3.64. The maximum absolute atomic E-state index is 12.8. The maximum atomic E-state index is 12.8. The predicted octanol–water partition coefficient (Wildman–Crippen LogP) is 3.25. The van der Waals surface area contributed by atoms with Gasteiger partial charge in [-0.1, -0.05) is 36.4 Å². The van der Waals surface area contributed by atoms with E-state index in [-0.39, 0.29) is 16.8 Å². The van der Waals surface area contributed by atoms with E-state index >= 15 is 0 Å². The highest BCUT2D eigenvalue weighted by Crippen LogP contribution is 2.24. The highest BCUT2D eigenvalue weighted by molar-refractivity contribution is 7.89. The van der Waals surface area contributed by atoms with Crippen LogP contribution in [0.2, 0.25) is 0 Å². The first-order chi connectivity index (χ1) is 13.9. The summed E-state index contributed by atoms with van der Waals surface area (Å²) in [4.78, 5) is 17.5. The van der Waals surface area contributed by atoms with Crippen molar-refractivity contribution in [3.63, 3.8) is 0 Å². The summed E-state index contributed by atoms with van der Waals surface area (Å²) in [6, 6.07) is 17.9. The van der Waals surface area contributed by atoms with Gasteiger partial charge in [-0.25, -0.2) is 13.1 Å². The van der Waals surface area contributed by atoms with Gasteiger partial charge >= 0.3 is 0 Å². The number of amides is 1. The Balaban J connectivity index is 1.51. The lowest BCUT2D eigenvalue weighted by Crippen LogP contribution is -2.36. The first-order valence-corrected chi connectivity index (χ1v) is 11.0. The molecule has 0 fully saturated rings. The molecule has 7 heteroatoms. The van der Waals surface area contributed by atoms with Crippen molar-refractivity contribution >= 4 is 15.9 Å². The first kappa shape index (κ1) is 19.4. The average Bonchev–Trinajstić information content (AvgIpc) is 3.27. The Bertz CT molecular complexity index is 1110. The molecule has 1 aromatic heterocycles. The molecular weight excluding hydrogens is 386 g/mol. The molecule has 2 aromatic carbocycles. The van der Waals surface area contributed by atoms with Crippen molar-refractivity contribution < 1.29 is 13.2 Å². The van der Waals surface area contributed by atoms with Gasteiger partial charge in [0.15, 0.2) is 0 Å². The number of aromatic nitrogens is 1. The summed E-state index contributed by atoms with van der Waals surface area (Å²) in [5.74, 6) is -0.0456. The number of nitrogens with one attached hydrogen (secondary N) is 2. The third-order valence-electron chi connectivity index (χ3n) is 5.25. The molecule has 150 valence electrons. The van der Waals surface area contributed by atoms with Gasteiger partial charge in [0.25, 0.3) is 5.91 Å². The van der Waals surface area contributed by atoms with Crippen molar-refractivity contribution in [1.29, 1.82) is 0 Å².